The van der Waals surface area contributed by atoms with E-state index in [1.54, 1.807) is 6.20 Å². The van der Waals surface area contributed by atoms with E-state index in [4.69, 9.17) is 0 Å². The molecule has 0 spiro atoms. The molecule has 5 heteroatoms. The van der Waals surface area contributed by atoms with Crippen molar-refractivity contribution in [1.82, 2.24) is 9.97 Å². The Kier molecular flexibility index (Phi) is 2.82. The third kappa shape index (κ3) is 2.35. The molecular formula is C7H11N3O2. The molecule has 2 N–H and O–H groups in total. The maximum atomic E-state index is 10.9. The number of rotatable bonds is 3. The number of carbonyl (C=O) groups excluding carboxylic acids is 1. The van der Waals surface area contributed by atoms with Gasteiger partial charge in [0.15, 0.2) is 0 Å². The van der Waals surface area contributed by atoms with Crippen LogP contribution in [0.1, 0.15) is 5.69 Å². The Bertz CT molecular complexity index is 269. The molecule has 1 amide bonds. The molecule has 0 saturated carbocycles. The molecule has 12 heavy (non-hydrogen) atoms. The molecule has 0 aromatic carbocycles. The molecule has 0 unspecified atom stereocenters. The summed E-state index contributed by atoms with van der Waals surface area (Å²) < 4.78 is 4.63. The fraction of sp³-hybridized carbons (Fsp3) is 0.429. The number of hydrogen-bond acceptors (Lipinski definition) is 3. The predicted molar refractivity (Wildman–Crippen MR) is 43.8 cm³/mol. The first kappa shape index (κ1) is 8.73. The topological polar surface area (TPSA) is 67.0 Å². The van der Waals surface area contributed by atoms with Gasteiger partial charge in [0, 0.05) is 19.0 Å². The van der Waals surface area contributed by atoms with E-state index < -0.39 is 0 Å². The minimum Gasteiger partial charge on any atom is -0.375 e. The number of nitrogens with one attached hydrogen (secondary N) is 2. The van der Waals surface area contributed by atoms with Crippen LogP contribution in [0, 0.1) is 6.92 Å². The summed E-state index contributed by atoms with van der Waals surface area (Å²) in [5.74, 6) is 0.237. The number of hydrogen-bond donors (Lipinski definition) is 2. The molecule has 5 nitrogen and oxygen atoms in total. The Hall–Kier alpha value is -1.36. The lowest BCUT2D eigenvalue weighted by Gasteiger charge is -1.98. The highest BCUT2D eigenvalue weighted by Gasteiger charge is 2.02. The molecule has 0 atom stereocenters. The number of aromatic amines is 1. The molecule has 1 heterocycles. The number of anilines is 1. The number of aryl methyl sites for hydroxylation is 1. The quantitative estimate of drug-likeness (QED) is 0.684. The second kappa shape index (κ2) is 3.87. The predicted octanol–water partition coefficient (Wildman–Crippen LogP) is 0.303. The maximum absolute atomic E-state index is 10.9. The van der Waals surface area contributed by atoms with Gasteiger partial charge in [0.2, 0.25) is 5.95 Å². The Labute approximate surface area is 70.1 Å². The number of carbonyl (C=O) groups is 1. The smallest absolute Gasteiger partial charge is 0.252 e. The van der Waals surface area contributed by atoms with Crippen LogP contribution in [0.5, 0.6) is 0 Å². The van der Waals surface area contributed by atoms with Crippen LogP contribution in [-0.2, 0) is 9.53 Å². The lowest BCUT2D eigenvalue weighted by molar-refractivity contribution is -0.119. The number of aromatic nitrogens is 2. The molecule has 1 aromatic rings. The van der Waals surface area contributed by atoms with Crippen LogP contribution < -0.4 is 5.32 Å². The van der Waals surface area contributed by atoms with Crippen molar-refractivity contribution in [3.8, 4) is 0 Å². The van der Waals surface area contributed by atoms with E-state index in [1.165, 1.54) is 7.11 Å². The van der Waals surface area contributed by atoms with Crippen molar-refractivity contribution in [2.24, 2.45) is 0 Å². The summed E-state index contributed by atoms with van der Waals surface area (Å²) in [5, 5.41) is 2.53. The Morgan fingerprint density at radius 1 is 1.83 bits per heavy atom. The SMILES string of the molecule is COCC(=O)Nc1ncc(C)[nH]1. The van der Waals surface area contributed by atoms with E-state index in [1.807, 2.05) is 6.92 Å². The lowest BCUT2D eigenvalue weighted by Crippen LogP contribution is -2.17. The van der Waals surface area contributed by atoms with Crippen molar-refractivity contribution >= 4 is 11.9 Å². The number of methoxy groups -OCH3 is 1. The van der Waals surface area contributed by atoms with Gasteiger partial charge >= 0.3 is 0 Å². The molecule has 0 fully saturated rings. The first-order valence-corrected chi connectivity index (χ1v) is 3.53. The standard InChI is InChI=1S/C7H11N3O2/c1-5-3-8-7(9-5)10-6(11)4-12-2/h3H,4H2,1-2H3,(H2,8,9,10,11). The summed E-state index contributed by atoms with van der Waals surface area (Å²) in [6.07, 6.45) is 1.64. The highest BCUT2D eigenvalue weighted by Crippen LogP contribution is 1.99. The fourth-order valence-electron chi connectivity index (χ4n) is 0.775. The van der Waals surface area contributed by atoms with E-state index >= 15 is 0 Å². The van der Waals surface area contributed by atoms with E-state index in [0.29, 0.717) is 5.95 Å². The second-order valence-corrected chi connectivity index (χ2v) is 2.40. The molecule has 0 aliphatic heterocycles. The highest BCUT2D eigenvalue weighted by atomic mass is 16.5. The van der Waals surface area contributed by atoms with Gasteiger partial charge < -0.3 is 9.72 Å². The van der Waals surface area contributed by atoms with Gasteiger partial charge in [-0.05, 0) is 6.92 Å². The third-order valence-electron chi connectivity index (χ3n) is 1.24. The third-order valence-corrected chi connectivity index (χ3v) is 1.24. The van der Waals surface area contributed by atoms with Gasteiger partial charge in [-0.3, -0.25) is 10.1 Å². The van der Waals surface area contributed by atoms with Crippen LogP contribution in [0.2, 0.25) is 0 Å². The average Bonchev–Trinajstić information content (AvgIpc) is 2.36. The number of amides is 1. The van der Waals surface area contributed by atoms with Crippen LogP contribution in [0.15, 0.2) is 6.20 Å². The van der Waals surface area contributed by atoms with Crippen LogP contribution in [0.25, 0.3) is 0 Å². The van der Waals surface area contributed by atoms with Crippen molar-refractivity contribution in [3.63, 3.8) is 0 Å². The first-order valence-electron chi connectivity index (χ1n) is 3.53. The normalized spacial score (nSPS) is 9.83. The second-order valence-electron chi connectivity index (χ2n) is 2.40. The van der Waals surface area contributed by atoms with Crippen molar-refractivity contribution in [3.05, 3.63) is 11.9 Å². The Morgan fingerprint density at radius 2 is 2.58 bits per heavy atom. The van der Waals surface area contributed by atoms with Crippen molar-refractivity contribution in [1.29, 1.82) is 0 Å². The van der Waals surface area contributed by atoms with E-state index in [-0.39, 0.29) is 12.5 Å². The zero-order chi connectivity index (χ0) is 8.97. The number of H-pyrrole nitrogens is 1. The van der Waals surface area contributed by atoms with Crippen LogP contribution in [0.4, 0.5) is 5.95 Å². The monoisotopic (exact) mass is 169 g/mol. The van der Waals surface area contributed by atoms with E-state index in [9.17, 15) is 4.79 Å². The molecule has 1 rings (SSSR count). The van der Waals surface area contributed by atoms with Crippen LogP contribution in [0.3, 0.4) is 0 Å². The van der Waals surface area contributed by atoms with Crippen molar-refractivity contribution in [2.75, 3.05) is 19.0 Å². The number of nitrogens with zero attached hydrogens (tertiary/aromatic N) is 1. The summed E-state index contributed by atoms with van der Waals surface area (Å²) in [5.41, 5.74) is 0.905. The summed E-state index contributed by atoms with van der Waals surface area (Å²) in [6.45, 7) is 1.90. The lowest BCUT2D eigenvalue weighted by atomic mass is 10.6. The summed E-state index contributed by atoms with van der Waals surface area (Å²) in [7, 11) is 1.47. The van der Waals surface area contributed by atoms with Gasteiger partial charge in [0.05, 0.1) is 0 Å². The largest absolute Gasteiger partial charge is 0.375 e. The number of imidazole rings is 1. The zero-order valence-electron chi connectivity index (χ0n) is 7.05. The average molecular weight is 169 g/mol. The van der Waals surface area contributed by atoms with Crippen LogP contribution >= 0.6 is 0 Å². The Morgan fingerprint density at radius 3 is 3.08 bits per heavy atom. The molecule has 0 aliphatic carbocycles. The summed E-state index contributed by atoms with van der Waals surface area (Å²) in [4.78, 5) is 17.7. The van der Waals surface area contributed by atoms with Gasteiger partial charge in [0.25, 0.3) is 5.91 Å². The summed E-state index contributed by atoms with van der Waals surface area (Å²) in [6, 6.07) is 0. The van der Waals surface area contributed by atoms with Crippen molar-refractivity contribution in [2.45, 2.75) is 6.92 Å². The molecule has 0 radical (unpaired) electrons. The van der Waals surface area contributed by atoms with Crippen LogP contribution in [-0.4, -0.2) is 29.6 Å². The molecule has 0 saturated heterocycles. The minimum atomic E-state index is -0.216. The summed E-state index contributed by atoms with van der Waals surface area (Å²) >= 11 is 0. The molecule has 0 bridgehead atoms. The van der Waals surface area contributed by atoms with Gasteiger partial charge in [0.1, 0.15) is 6.61 Å². The van der Waals surface area contributed by atoms with Gasteiger partial charge in [-0.2, -0.15) is 0 Å². The molecule has 66 valence electrons. The Balaban J connectivity index is 2.46. The minimum absolute atomic E-state index is 0.0414. The zero-order valence-corrected chi connectivity index (χ0v) is 7.05. The molecule has 0 aliphatic rings. The van der Waals surface area contributed by atoms with Crippen molar-refractivity contribution < 1.29 is 9.53 Å². The van der Waals surface area contributed by atoms with Gasteiger partial charge in [-0.15, -0.1) is 0 Å². The molecular weight excluding hydrogens is 158 g/mol. The fourth-order valence-corrected chi connectivity index (χ4v) is 0.775. The van der Waals surface area contributed by atoms with E-state index in [0.717, 1.165) is 5.69 Å². The van der Waals surface area contributed by atoms with Gasteiger partial charge in [-0.1, -0.05) is 0 Å². The highest BCUT2D eigenvalue weighted by molar-refractivity contribution is 5.89. The first-order chi connectivity index (χ1) is 5.72. The molecule has 1 aromatic heterocycles. The van der Waals surface area contributed by atoms with Gasteiger partial charge in [-0.25, -0.2) is 4.98 Å². The maximum Gasteiger partial charge on any atom is 0.252 e. The van der Waals surface area contributed by atoms with E-state index in [2.05, 4.69) is 20.0 Å². The number of ether oxygens (including phenoxy) is 1.